The topological polar surface area (TPSA) is 100 Å². The minimum Gasteiger partial charge on any atom is -0.433 e. The Balaban J connectivity index is 1.36. The summed E-state index contributed by atoms with van der Waals surface area (Å²) in [5, 5.41) is 5.72. The van der Waals surface area contributed by atoms with Crippen LogP contribution in [0.25, 0.3) is 0 Å². The van der Waals surface area contributed by atoms with Gasteiger partial charge in [-0.25, -0.2) is 0 Å². The SMILES string of the molecule is O=C(NC[C@H](C(=O)Nc1ccc(N2CCOCC2=O)c(OC(F)F)c1)N(CC1CC1)C1CCC1)c1ccc(Cl)s1. The van der Waals surface area contributed by atoms with Gasteiger partial charge in [-0.2, -0.15) is 8.78 Å². The van der Waals surface area contributed by atoms with Crippen molar-refractivity contribution in [2.24, 2.45) is 5.92 Å². The largest absolute Gasteiger partial charge is 0.433 e. The molecule has 2 aromatic rings. The number of morpholine rings is 1. The highest BCUT2D eigenvalue weighted by Crippen LogP contribution is 2.36. The summed E-state index contributed by atoms with van der Waals surface area (Å²) in [5.74, 6) is -0.770. The average molecular weight is 597 g/mol. The lowest BCUT2D eigenvalue weighted by molar-refractivity contribution is -0.126. The van der Waals surface area contributed by atoms with E-state index >= 15 is 0 Å². The number of carbonyl (C=O) groups excluding carboxylic acids is 3. The molecule has 0 unspecified atom stereocenters. The average Bonchev–Trinajstić information content (AvgIpc) is 3.59. The van der Waals surface area contributed by atoms with E-state index < -0.39 is 12.7 Å². The van der Waals surface area contributed by atoms with Crippen LogP contribution in [0.1, 0.15) is 41.8 Å². The van der Waals surface area contributed by atoms with E-state index in [0.29, 0.717) is 15.1 Å². The van der Waals surface area contributed by atoms with Gasteiger partial charge in [-0.3, -0.25) is 19.3 Å². The molecule has 0 radical (unpaired) electrons. The number of hydrogen-bond donors (Lipinski definition) is 2. The van der Waals surface area contributed by atoms with E-state index in [0.717, 1.165) is 50.0 Å². The molecule has 9 nitrogen and oxygen atoms in total. The van der Waals surface area contributed by atoms with Gasteiger partial charge in [-0.1, -0.05) is 18.0 Å². The molecule has 1 atom stereocenters. The van der Waals surface area contributed by atoms with Crippen LogP contribution in [0, 0.1) is 5.92 Å². The van der Waals surface area contributed by atoms with Crippen LogP contribution in [-0.2, 0) is 14.3 Å². The normalized spacial score (nSPS) is 18.5. The first-order chi connectivity index (χ1) is 19.3. The molecule has 3 amide bonds. The third-order valence-corrected chi connectivity index (χ3v) is 8.62. The lowest BCUT2D eigenvalue weighted by atomic mass is 9.89. The maximum absolute atomic E-state index is 13.7. The van der Waals surface area contributed by atoms with Gasteiger partial charge in [0.25, 0.3) is 11.8 Å². The van der Waals surface area contributed by atoms with Crippen LogP contribution < -0.4 is 20.3 Å². The van der Waals surface area contributed by atoms with Crippen molar-refractivity contribution >= 4 is 52.0 Å². The van der Waals surface area contributed by atoms with Crippen LogP contribution in [0.4, 0.5) is 20.2 Å². The second kappa shape index (κ2) is 12.8. The van der Waals surface area contributed by atoms with Gasteiger partial charge in [0.1, 0.15) is 12.6 Å². The molecule has 2 N–H and O–H groups in total. The number of amides is 3. The van der Waals surface area contributed by atoms with E-state index in [4.69, 9.17) is 21.1 Å². The lowest BCUT2D eigenvalue weighted by Crippen LogP contribution is -2.56. The first-order valence-corrected chi connectivity index (χ1v) is 14.5. The predicted molar refractivity (Wildman–Crippen MR) is 147 cm³/mol. The number of anilines is 2. The van der Waals surface area contributed by atoms with Gasteiger partial charge < -0.3 is 25.0 Å². The van der Waals surface area contributed by atoms with Gasteiger partial charge >= 0.3 is 6.61 Å². The first-order valence-electron chi connectivity index (χ1n) is 13.4. The lowest BCUT2D eigenvalue weighted by Gasteiger charge is -2.42. The number of halogens is 3. The van der Waals surface area contributed by atoms with Crippen LogP contribution in [0.2, 0.25) is 4.34 Å². The zero-order valence-electron chi connectivity index (χ0n) is 21.7. The summed E-state index contributed by atoms with van der Waals surface area (Å²) in [6.45, 7) is -2.00. The fourth-order valence-electron chi connectivity index (χ4n) is 4.92. The molecule has 3 aliphatic rings. The number of rotatable bonds is 12. The maximum Gasteiger partial charge on any atom is 0.387 e. The predicted octanol–water partition coefficient (Wildman–Crippen LogP) is 4.37. The molecule has 40 heavy (non-hydrogen) atoms. The highest BCUT2D eigenvalue weighted by molar-refractivity contribution is 7.18. The Morgan fingerprint density at radius 3 is 2.62 bits per heavy atom. The van der Waals surface area contributed by atoms with Gasteiger partial charge in [0.05, 0.1) is 21.5 Å². The molecule has 2 heterocycles. The van der Waals surface area contributed by atoms with Crippen molar-refractivity contribution in [3.63, 3.8) is 0 Å². The van der Waals surface area contributed by atoms with E-state index in [-0.39, 0.29) is 67.2 Å². The van der Waals surface area contributed by atoms with Crippen LogP contribution in [-0.4, -0.2) is 74.2 Å². The van der Waals surface area contributed by atoms with Crippen LogP contribution in [0.15, 0.2) is 30.3 Å². The summed E-state index contributed by atoms with van der Waals surface area (Å²) in [5.41, 5.74) is 0.418. The summed E-state index contributed by atoms with van der Waals surface area (Å²) in [4.78, 5) is 42.8. The molecule has 1 aliphatic heterocycles. The van der Waals surface area contributed by atoms with Crippen molar-refractivity contribution in [1.29, 1.82) is 0 Å². The second-order valence-electron chi connectivity index (χ2n) is 10.2. The maximum atomic E-state index is 13.7. The molecule has 1 aromatic carbocycles. The molecule has 0 spiro atoms. The van der Waals surface area contributed by atoms with Crippen molar-refractivity contribution < 1.29 is 32.6 Å². The number of nitrogens with one attached hydrogen (secondary N) is 2. The van der Waals surface area contributed by atoms with Gasteiger partial charge in [0, 0.05) is 37.4 Å². The van der Waals surface area contributed by atoms with E-state index in [1.54, 1.807) is 18.2 Å². The van der Waals surface area contributed by atoms with Crippen molar-refractivity contribution in [2.45, 2.75) is 50.8 Å². The second-order valence-corrected chi connectivity index (χ2v) is 11.9. The minimum atomic E-state index is -3.12. The summed E-state index contributed by atoms with van der Waals surface area (Å²) < 4.78 is 36.9. The van der Waals surface area contributed by atoms with Gasteiger partial charge in [0.2, 0.25) is 5.91 Å². The fraction of sp³-hybridized carbons (Fsp3) is 0.519. The fourth-order valence-corrected chi connectivity index (χ4v) is 5.88. The molecule has 5 rings (SSSR count). The van der Waals surface area contributed by atoms with Crippen molar-refractivity contribution in [3.8, 4) is 5.75 Å². The van der Waals surface area contributed by atoms with E-state index in [9.17, 15) is 23.2 Å². The third kappa shape index (κ3) is 7.09. The minimum absolute atomic E-state index is 0.0736. The quantitative estimate of drug-likeness (QED) is 0.378. The standard InChI is InChI=1S/C27H31ClF2N4O5S/c28-23-9-8-22(40-23)26(37)31-13-20(34(14-16-4-5-16)18-2-1-3-18)25(36)32-17-6-7-19(21(12-17)39-27(29)30)33-10-11-38-15-24(33)35/h6-9,12,16,18,20,27H,1-5,10-11,13-15H2,(H,31,37)(H,32,36)/t20-/m1/s1. The number of thiophene rings is 1. The Labute approximate surface area is 239 Å². The van der Waals surface area contributed by atoms with Crippen LogP contribution in [0.5, 0.6) is 5.75 Å². The Hall–Kier alpha value is -2.80. The van der Waals surface area contributed by atoms with Crippen LogP contribution in [0.3, 0.4) is 0 Å². The van der Waals surface area contributed by atoms with Crippen molar-refractivity contribution in [3.05, 3.63) is 39.5 Å². The Morgan fingerprint density at radius 1 is 1.20 bits per heavy atom. The monoisotopic (exact) mass is 596 g/mol. The summed E-state index contributed by atoms with van der Waals surface area (Å²) in [6, 6.07) is 7.15. The Morgan fingerprint density at radius 2 is 2.00 bits per heavy atom. The van der Waals surface area contributed by atoms with E-state index in [2.05, 4.69) is 15.5 Å². The molecule has 3 fully saturated rings. The molecular formula is C27H31ClF2N4O5S. The van der Waals surface area contributed by atoms with Gasteiger partial charge in [-0.15, -0.1) is 11.3 Å². The molecule has 216 valence electrons. The Bertz CT molecular complexity index is 1240. The molecular weight excluding hydrogens is 566 g/mol. The number of ether oxygens (including phenoxy) is 2. The van der Waals surface area contributed by atoms with Crippen molar-refractivity contribution in [1.82, 2.24) is 10.2 Å². The number of benzene rings is 1. The number of nitrogens with zero attached hydrogens (tertiary/aromatic N) is 2. The van der Waals surface area contributed by atoms with Gasteiger partial charge in [0.15, 0.2) is 5.75 Å². The number of hydrogen-bond acceptors (Lipinski definition) is 7. The van der Waals surface area contributed by atoms with E-state index in [1.165, 1.54) is 17.0 Å². The highest BCUT2D eigenvalue weighted by atomic mass is 35.5. The Kier molecular flexibility index (Phi) is 9.19. The summed E-state index contributed by atoms with van der Waals surface area (Å²) in [6.07, 6.45) is 5.23. The molecule has 2 saturated carbocycles. The van der Waals surface area contributed by atoms with Gasteiger partial charge in [-0.05, 0) is 55.9 Å². The molecule has 13 heteroatoms. The first kappa shape index (κ1) is 28.7. The van der Waals surface area contributed by atoms with Crippen molar-refractivity contribution in [2.75, 3.05) is 43.1 Å². The molecule has 1 aromatic heterocycles. The third-order valence-electron chi connectivity index (χ3n) is 7.39. The smallest absolute Gasteiger partial charge is 0.387 e. The summed E-state index contributed by atoms with van der Waals surface area (Å²) in [7, 11) is 0. The zero-order chi connectivity index (χ0) is 28.2. The van der Waals surface area contributed by atoms with E-state index in [1.807, 2.05) is 0 Å². The number of carbonyl (C=O) groups is 3. The van der Waals surface area contributed by atoms with Crippen LogP contribution >= 0.6 is 22.9 Å². The molecule has 2 aliphatic carbocycles. The zero-order valence-corrected chi connectivity index (χ0v) is 23.3. The number of alkyl halides is 2. The highest BCUT2D eigenvalue weighted by Gasteiger charge is 2.38. The molecule has 0 bridgehead atoms. The molecule has 1 saturated heterocycles. The summed E-state index contributed by atoms with van der Waals surface area (Å²) >= 11 is 7.14.